The molecular weight excluding hydrogens is 224 g/mol. The smallest absolute Gasteiger partial charge is 0.241 e. The van der Waals surface area contributed by atoms with Crippen molar-refractivity contribution in [2.45, 2.75) is 38.2 Å². The molecule has 0 radical (unpaired) electrons. The third-order valence-corrected chi connectivity index (χ3v) is 3.30. The Morgan fingerprint density at radius 3 is 2.82 bits per heavy atom. The molecule has 2 aliphatic rings. The maximum atomic E-state index is 11.9. The number of ether oxygens (including phenoxy) is 2. The van der Waals surface area contributed by atoms with Crippen LogP contribution in [0.25, 0.3) is 0 Å². The van der Waals surface area contributed by atoms with E-state index in [2.05, 4.69) is 5.43 Å². The fraction of sp³-hybridized carbons (Fsp3) is 0.909. The first kappa shape index (κ1) is 12.8. The Bertz CT molecular complexity index is 308. The number of hydrogen-bond acceptors (Lipinski definition) is 5. The summed E-state index contributed by atoms with van der Waals surface area (Å²) >= 11 is 0. The number of hydrogen-bond donors (Lipinski definition) is 2. The number of carbonyl (C=O) groups excluding carboxylic acids is 1. The minimum Gasteiger partial charge on any atom is -0.396 e. The summed E-state index contributed by atoms with van der Waals surface area (Å²) in [6.07, 6.45) is 0.289. The maximum absolute atomic E-state index is 11.9. The molecule has 0 aromatic rings. The molecule has 98 valence electrons. The monoisotopic (exact) mass is 244 g/mol. The van der Waals surface area contributed by atoms with Gasteiger partial charge in [0, 0.05) is 13.7 Å². The number of nitrogens with one attached hydrogen (secondary N) is 1. The summed E-state index contributed by atoms with van der Waals surface area (Å²) in [6.45, 7) is 4.18. The van der Waals surface area contributed by atoms with Crippen molar-refractivity contribution in [3.8, 4) is 0 Å². The second-order valence-electron chi connectivity index (χ2n) is 5.04. The van der Waals surface area contributed by atoms with Gasteiger partial charge in [0.2, 0.25) is 5.91 Å². The highest BCUT2D eigenvalue weighted by molar-refractivity contribution is 5.81. The number of aliphatic hydroxyl groups is 1. The fourth-order valence-corrected chi connectivity index (χ4v) is 2.46. The Morgan fingerprint density at radius 2 is 2.29 bits per heavy atom. The molecule has 1 amide bonds. The summed E-state index contributed by atoms with van der Waals surface area (Å²) in [5, 5.41) is 10.5. The van der Waals surface area contributed by atoms with Crippen LogP contribution in [0.15, 0.2) is 0 Å². The molecule has 2 rings (SSSR count). The van der Waals surface area contributed by atoms with Crippen molar-refractivity contribution in [3.05, 3.63) is 0 Å². The predicted octanol–water partition coefficient (Wildman–Crippen LogP) is -0.518. The third-order valence-electron chi connectivity index (χ3n) is 3.30. The van der Waals surface area contributed by atoms with E-state index in [0.29, 0.717) is 13.0 Å². The number of aliphatic hydroxyl groups excluding tert-OH is 1. The van der Waals surface area contributed by atoms with Crippen molar-refractivity contribution in [1.82, 2.24) is 10.4 Å². The van der Waals surface area contributed by atoms with Crippen molar-refractivity contribution in [2.75, 3.05) is 20.3 Å². The summed E-state index contributed by atoms with van der Waals surface area (Å²) in [5.41, 5.74) is 3.09. The topological polar surface area (TPSA) is 71.0 Å². The van der Waals surface area contributed by atoms with E-state index in [1.54, 1.807) is 7.05 Å². The van der Waals surface area contributed by atoms with Crippen LogP contribution in [0.5, 0.6) is 0 Å². The molecule has 3 atom stereocenters. The van der Waals surface area contributed by atoms with Gasteiger partial charge in [0.25, 0.3) is 0 Å². The summed E-state index contributed by atoms with van der Waals surface area (Å²) in [5.74, 6) is -0.842. The highest BCUT2D eigenvalue weighted by Gasteiger charge is 2.47. The van der Waals surface area contributed by atoms with Crippen LogP contribution in [0.1, 0.15) is 20.3 Å². The standard InChI is InChI=1S/C11H20N2O4/c1-11(2)16-6-8(17-11)9-7(4-5-14)10(15)13(3)12-9/h7-9,12,14H,4-6H2,1-3H3/t7-,8+,9+/m0/s1. The summed E-state index contributed by atoms with van der Waals surface area (Å²) < 4.78 is 11.3. The van der Waals surface area contributed by atoms with Gasteiger partial charge in [-0.3, -0.25) is 9.80 Å². The molecule has 2 heterocycles. The number of nitrogens with zero attached hydrogens (tertiary/aromatic N) is 1. The first-order valence-electron chi connectivity index (χ1n) is 5.91. The largest absolute Gasteiger partial charge is 0.396 e. The van der Waals surface area contributed by atoms with Crippen LogP contribution < -0.4 is 5.43 Å². The van der Waals surface area contributed by atoms with Gasteiger partial charge in [-0.25, -0.2) is 5.43 Å². The lowest BCUT2D eigenvalue weighted by Crippen LogP contribution is -2.44. The minimum atomic E-state index is -0.597. The van der Waals surface area contributed by atoms with Crippen LogP contribution in [0.3, 0.4) is 0 Å². The van der Waals surface area contributed by atoms with Crippen molar-refractivity contribution in [2.24, 2.45) is 5.92 Å². The van der Waals surface area contributed by atoms with Gasteiger partial charge in [-0.2, -0.15) is 0 Å². The third kappa shape index (κ3) is 2.44. The quantitative estimate of drug-likeness (QED) is 0.699. The van der Waals surface area contributed by atoms with Crippen molar-refractivity contribution in [3.63, 3.8) is 0 Å². The Morgan fingerprint density at radius 1 is 1.59 bits per heavy atom. The van der Waals surface area contributed by atoms with E-state index in [1.807, 2.05) is 13.8 Å². The van der Waals surface area contributed by atoms with E-state index >= 15 is 0 Å². The van der Waals surface area contributed by atoms with E-state index in [1.165, 1.54) is 5.01 Å². The van der Waals surface area contributed by atoms with Gasteiger partial charge in [0.1, 0.15) is 6.10 Å². The van der Waals surface area contributed by atoms with Gasteiger partial charge >= 0.3 is 0 Å². The second kappa shape index (κ2) is 4.53. The number of amides is 1. The van der Waals surface area contributed by atoms with Crippen molar-refractivity contribution in [1.29, 1.82) is 0 Å². The van der Waals surface area contributed by atoms with E-state index in [-0.39, 0.29) is 30.6 Å². The molecule has 2 N–H and O–H groups in total. The molecule has 0 spiro atoms. The minimum absolute atomic E-state index is 0.000599. The molecule has 2 aliphatic heterocycles. The summed E-state index contributed by atoms with van der Waals surface area (Å²) in [7, 11) is 1.69. The van der Waals surface area contributed by atoms with Crippen LogP contribution in [0.2, 0.25) is 0 Å². The predicted molar refractivity (Wildman–Crippen MR) is 59.8 cm³/mol. The molecule has 2 fully saturated rings. The number of hydrazine groups is 1. The molecule has 0 aromatic heterocycles. The molecular formula is C11H20N2O4. The molecule has 17 heavy (non-hydrogen) atoms. The molecule has 0 bridgehead atoms. The maximum Gasteiger partial charge on any atom is 0.241 e. The molecule has 0 aliphatic carbocycles. The van der Waals surface area contributed by atoms with Gasteiger partial charge < -0.3 is 14.6 Å². The first-order chi connectivity index (χ1) is 7.94. The van der Waals surface area contributed by atoms with E-state index in [0.717, 1.165) is 0 Å². The van der Waals surface area contributed by atoms with Crippen LogP contribution >= 0.6 is 0 Å². The Hall–Kier alpha value is -0.690. The molecule has 6 nitrogen and oxygen atoms in total. The average molecular weight is 244 g/mol. The van der Waals surface area contributed by atoms with E-state index in [4.69, 9.17) is 14.6 Å². The lowest BCUT2D eigenvalue weighted by molar-refractivity contribution is -0.143. The van der Waals surface area contributed by atoms with Gasteiger partial charge in [-0.1, -0.05) is 0 Å². The lowest BCUT2D eigenvalue weighted by Gasteiger charge is -2.23. The average Bonchev–Trinajstić information content (AvgIpc) is 2.73. The SMILES string of the molecule is CN1N[C@@H]([C@H]2COC(C)(C)O2)[C@H](CCO)C1=O. The molecule has 0 aromatic carbocycles. The zero-order valence-electron chi connectivity index (χ0n) is 10.5. The zero-order valence-corrected chi connectivity index (χ0v) is 10.5. The van der Waals surface area contributed by atoms with Crippen LogP contribution in [0, 0.1) is 5.92 Å². The zero-order chi connectivity index (χ0) is 12.6. The van der Waals surface area contributed by atoms with Gasteiger partial charge in [0.15, 0.2) is 5.79 Å². The van der Waals surface area contributed by atoms with Gasteiger partial charge in [-0.15, -0.1) is 0 Å². The van der Waals surface area contributed by atoms with Crippen LogP contribution in [-0.4, -0.2) is 54.2 Å². The molecule has 0 saturated carbocycles. The highest BCUT2D eigenvalue weighted by atomic mass is 16.7. The van der Waals surface area contributed by atoms with E-state index < -0.39 is 5.79 Å². The summed E-state index contributed by atoms with van der Waals surface area (Å²) in [6, 6.07) is -0.124. The highest BCUT2D eigenvalue weighted by Crippen LogP contribution is 2.30. The molecule has 6 heteroatoms. The Labute approximate surface area is 101 Å². The fourth-order valence-electron chi connectivity index (χ4n) is 2.46. The first-order valence-corrected chi connectivity index (χ1v) is 5.91. The number of carbonyl (C=O) groups is 1. The van der Waals surface area contributed by atoms with Gasteiger partial charge in [-0.05, 0) is 20.3 Å². The lowest BCUT2D eigenvalue weighted by atomic mass is 9.94. The number of rotatable bonds is 3. The van der Waals surface area contributed by atoms with Crippen molar-refractivity contribution >= 4 is 5.91 Å². The van der Waals surface area contributed by atoms with Gasteiger partial charge in [0.05, 0.1) is 18.6 Å². The normalized spacial score (nSPS) is 36.8. The van der Waals surface area contributed by atoms with E-state index in [9.17, 15) is 4.79 Å². The Balaban J connectivity index is 2.07. The summed E-state index contributed by atoms with van der Waals surface area (Å²) in [4.78, 5) is 11.9. The molecule has 0 unspecified atom stereocenters. The van der Waals surface area contributed by atoms with Crippen LogP contribution in [0.4, 0.5) is 0 Å². The Kier molecular flexibility index (Phi) is 3.40. The molecule has 2 saturated heterocycles. The van der Waals surface area contributed by atoms with Crippen LogP contribution in [-0.2, 0) is 14.3 Å². The van der Waals surface area contributed by atoms with Crippen molar-refractivity contribution < 1.29 is 19.4 Å². The second-order valence-corrected chi connectivity index (χ2v) is 5.04.